The van der Waals surface area contributed by atoms with E-state index < -0.39 is 0 Å². The molecule has 2 nitrogen and oxygen atoms in total. The van der Waals surface area contributed by atoms with Gasteiger partial charge in [-0.3, -0.25) is 4.90 Å². The normalized spacial score (nSPS) is 23.0. The zero-order chi connectivity index (χ0) is 13.6. The van der Waals surface area contributed by atoms with Gasteiger partial charge in [-0.1, -0.05) is 40.0 Å². The molecule has 0 aliphatic heterocycles. The molecule has 108 valence electrons. The average molecular weight is 254 g/mol. The van der Waals surface area contributed by atoms with Crippen molar-refractivity contribution in [1.29, 1.82) is 0 Å². The Balaban J connectivity index is 2.86. The molecule has 1 aliphatic carbocycles. The Kier molecular flexibility index (Phi) is 6.65. The minimum Gasteiger partial charge on any atom is -0.315 e. The van der Waals surface area contributed by atoms with E-state index in [2.05, 4.69) is 45.0 Å². The molecule has 0 saturated heterocycles. The minimum atomic E-state index is 0.306. The minimum absolute atomic E-state index is 0.306. The Hall–Kier alpha value is -0.0800. The molecule has 2 atom stereocenters. The first-order valence-electron chi connectivity index (χ1n) is 8.06. The summed E-state index contributed by atoms with van der Waals surface area (Å²) in [6.07, 6.45) is 8.38. The van der Waals surface area contributed by atoms with E-state index in [0.29, 0.717) is 11.6 Å². The fourth-order valence-electron chi connectivity index (χ4n) is 4.11. The lowest BCUT2D eigenvalue weighted by Gasteiger charge is -2.49. The Bertz CT molecular complexity index is 219. The van der Waals surface area contributed by atoms with E-state index in [4.69, 9.17) is 0 Å². The predicted molar refractivity (Wildman–Crippen MR) is 81.0 cm³/mol. The van der Waals surface area contributed by atoms with Crippen LogP contribution in [0.25, 0.3) is 0 Å². The lowest BCUT2D eigenvalue weighted by atomic mass is 9.73. The molecule has 0 aromatic rings. The van der Waals surface area contributed by atoms with Crippen molar-refractivity contribution in [3.63, 3.8) is 0 Å². The van der Waals surface area contributed by atoms with Crippen LogP contribution < -0.4 is 5.32 Å². The van der Waals surface area contributed by atoms with Gasteiger partial charge < -0.3 is 5.32 Å². The summed E-state index contributed by atoms with van der Waals surface area (Å²) in [5.74, 6) is 0.870. The Morgan fingerprint density at radius 3 is 2.06 bits per heavy atom. The largest absolute Gasteiger partial charge is 0.315 e. The van der Waals surface area contributed by atoms with Crippen molar-refractivity contribution in [1.82, 2.24) is 10.2 Å². The van der Waals surface area contributed by atoms with Crippen LogP contribution in [0.1, 0.15) is 66.2 Å². The summed E-state index contributed by atoms with van der Waals surface area (Å²) in [7, 11) is 2.16. The first-order valence-corrected chi connectivity index (χ1v) is 8.06. The van der Waals surface area contributed by atoms with Crippen molar-refractivity contribution in [2.45, 2.75) is 77.8 Å². The molecule has 0 aromatic heterocycles. The highest BCUT2D eigenvalue weighted by Gasteiger charge is 2.40. The Morgan fingerprint density at radius 1 is 1.11 bits per heavy atom. The monoisotopic (exact) mass is 254 g/mol. The maximum absolute atomic E-state index is 3.67. The maximum Gasteiger partial charge on any atom is 0.0334 e. The van der Waals surface area contributed by atoms with E-state index >= 15 is 0 Å². The summed E-state index contributed by atoms with van der Waals surface area (Å²) in [4.78, 5) is 2.66. The lowest BCUT2D eigenvalue weighted by Crippen LogP contribution is -2.61. The second kappa shape index (κ2) is 7.49. The first-order chi connectivity index (χ1) is 8.63. The topological polar surface area (TPSA) is 15.3 Å². The lowest BCUT2D eigenvalue weighted by molar-refractivity contribution is 0.0399. The zero-order valence-corrected chi connectivity index (χ0v) is 13.3. The van der Waals surface area contributed by atoms with Gasteiger partial charge in [0.2, 0.25) is 0 Å². The molecule has 0 amide bonds. The van der Waals surface area contributed by atoms with Gasteiger partial charge in [-0.2, -0.15) is 0 Å². The van der Waals surface area contributed by atoms with Crippen LogP contribution in [0.2, 0.25) is 0 Å². The van der Waals surface area contributed by atoms with Gasteiger partial charge in [0.15, 0.2) is 0 Å². The van der Waals surface area contributed by atoms with Crippen molar-refractivity contribution < 1.29 is 0 Å². The molecule has 1 N–H and O–H groups in total. The van der Waals surface area contributed by atoms with Crippen LogP contribution in [0.3, 0.4) is 0 Å². The van der Waals surface area contributed by atoms with Crippen LogP contribution >= 0.6 is 0 Å². The van der Waals surface area contributed by atoms with Crippen LogP contribution in [0.4, 0.5) is 0 Å². The summed E-state index contributed by atoms with van der Waals surface area (Å²) in [5, 5.41) is 3.67. The van der Waals surface area contributed by atoms with Crippen LogP contribution in [0.15, 0.2) is 0 Å². The number of nitrogens with zero attached hydrogens (tertiary/aromatic N) is 1. The fourth-order valence-corrected chi connectivity index (χ4v) is 4.11. The van der Waals surface area contributed by atoms with Gasteiger partial charge in [0.1, 0.15) is 0 Å². The molecule has 0 spiro atoms. The van der Waals surface area contributed by atoms with E-state index in [-0.39, 0.29) is 0 Å². The number of nitrogens with one attached hydrogen (secondary N) is 1. The zero-order valence-electron chi connectivity index (χ0n) is 13.3. The summed E-state index contributed by atoms with van der Waals surface area (Å²) < 4.78 is 0. The van der Waals surface area contributed by atoms with Crippen molar-refractivity contribution in [2.24, 2.45) is 5.92 Å². The molecular weight excluding hydrogens is 220 g/mol. The second-order valence-electron chi connectivity index (χ2n) is 6.05. The van der Waals surface area contributed by atoms with Gasteiger partial charge in [-0.15, -0.1) is 0 Å². The highest BCUT2D eigenvalue weighted by molar-refractivity contribution is 4.99. The standard InChI is InChI=1S/C16H34N2/c1-6-16(4,18(7-2)8-3)15(17-5)14-12-10-9-11-13-14/h14-15,17H,6-13H2,1-5H3. The van der Waals surface area contributed by atoms with E-state index in [1.54, 1.807) is 0 Å². The van der Waals surface area contributed by atoms with Gasteiger partial charge in [0.05, 0.1) is 0 Å². The molecule has 0 aromatic carbocycles. The van der Waals surface area contributed by atoms with Gasteiger partial charge in [0, 0.05) is 11.6 Å². The molecule has 1 aliphatic rings. The number of hydrogen-bond acceptors (Lipinski definition) is 2. The average Bonchev–Trinajstić information content (AvgIpc) is 2.42. The summed E-state index contributed by atoms with van der Waals surface area (Å²) >= 11 is 0. The highest BCUT2D eigenvalue weighted by atomic mass is 15.2. The van der Waals surface area contributed by atoms with Gasteiger partial charge in [0.25, 0.3) is 0 Å². The smallest absolute Gasteiger partial charge is 0.0334 e. The van der Waals surface area contributed by atoms with Crippen molar-refractivity contribution in [2.75, 3.05) is 20.1 Å². The first kappa shape index (κ1) is 16.0. The SMILES string of the molecule is CCN(CC)C(C)(CC)C(NC)C1CCCCC1. The number of hydrogen-bond donors (Lipinski definition) is 1. The quantitative estimate of drug-likeness (QED) is 0.746. The molecular formula is C16H34N2. The van der Waals surface area contributed by atoms with E-state index in [0.717, 1.165) is 19.0 Å². The Labute approximate surface area is 115 Å². The van der Waals surface area contributed by atoms with E-state index in [1.807, 2.05) is 0 Å². The van der Waals surface area contributed by atoms with Gasteiger partial charge in [-0.25, -0.2) is 0 Å². The van der Waals surface area contributed by atoms with E-state index in [1.165, 1.54) is 38.5 Å². The van der Waals surface area contributed by atoms with E-state index in [9.17, 15) is 0 Å². The maximum atomic E-state index is 3.67. The summed E-state index contributed by atoms with van der Waals surface area (Å²) in [5.41, 5.74) is 0.306. The van der Waals surface area contributed by atoms with Crippen molar-refractivity contribution >= 4 is 0 Å². The van der Waals surface area contributed by atoms with Crippen LogP contribution in [-0.2, 0) is 0 Å². The van der Waals surface area contributed by atoms with Crippen LogP contribution in [0, 0.1) is 5.92 Å². The van der Waals surface area contributed by atoms with Crippen LogP contribution in [-0.4, -0.2) is 36.6 Å². The van der Waals surface area contributed by atoms with Crippen LogP contribution in [0.5, 0.6) is 0 Å². The molecule has 0 bridgehead atoms. The third-order valence-electron chi connectivity index (χ3n) is 5.30. The molecule has 2 heteroatoms. The number of likely N-dealkylation sites (N-methyl/N-ethyl adjacent to an activating group) is 2. The third kappa shape index (κ3) is 3.27. The summed E-state index contributed by atoms with van der Waals surface area (Å²) in [6.45, 7) is 11.7. The van der Waals surface area contributed by atoms with Gasteiger partial charge in [-0.05, 0) is 52.2 Å². The molecule has 1 rings (SSSR count). The van der Waals surface area contributed by atoms with Gasteiger partial charge >= 0.3 is 0 Å². The molecule has 2 unspecified atom stereocenters. The molecule has 18 heavy (non-hydrogen) atoms. The molecule has 1 saturated carbocycles. The summed E-state index contributed by atoms with van der Waals surface area (Å²) in [6, 6.07) is 0.641. The second-order valence-corrected chi connectivity index (χ2v) is 6.05. The predicted octanol–water partition coefficient (Wildman–Crippen LogP) is 3.67. The van der Waals surface area contributed by atoms with Crippen molar-refractivity contribution in [3.8, 4) is 0 Å². The fraction of sp³-hybridized carbons (Fsp3) is 1.00. The highest BCUT2D eigenvalue weighted by Crippen LogP contribution is 2.35. The molecule has 0 heterocycles. The third-order valence-corrected chi connectivity index (χ3v) is 5.30. The molecule has 1 fully saturated rings. The molecule has 0 radical (unpaired) electrons. The number of rotatable bonds is 7. The Morgan fingerprint density at radius 2 is 1.67 bits per heavy atom. The van der Waals surface area contributed by atoms with Crippen molar-refractivity contribution in [3.05, 3.63) is 0 Å².